The summed E-state index contributed by atoms with van der Waals surface area (Å²) in [7, 11) is 5.72. The first-order valence-electron chi connectivity index (χ1n) is 9.49. The Morgan fingerprint density at radius 1 is 1.10 bits per heavy atom. The van der Waals surface area contributed by atoms with Gasteiger partial charge in [-0.1, -0.05) is 11.8 Å². The molecule has 1 aliphatic rings. The number of thioether (sulfide) groups is 1. The van der Waals surface area contributed by atoms with Gasteiger partial charge in [-0.3, -0.25) is 0 Å². The lowest BCUT2D eigenvalue weighted by Gasteiger charge is -2.14. The van der Waals surface area contributed by atoms with Gasteiger partial charge in [0.2, 0.25) is 12.1 Å². The van der Waals surface area contributed by atoms with Gasteiger partial charge in [-0.15, -0.1) is 10.2 Å². The summed E-state index contributed by atoms with van der Waals surface area (Å²) in [5, 5.41) is 11.1. The second-order valence-corrected chi connectivity index (χ2v) is 8.02. The third kappa shape index (κ3) is 4.72. The molecule has 0 spiro atoms. The molecule has 2 atom stereocenters. The Hall–Kier alpha value is -2.55. The first-order valence-corrected chi connectivity index (χ1v) is 10.5. The molecule has 1 aromatic heterocycles. The smallest absolute Gasteiger partial charge is 0.276 e. The highest BCUT2D eigenvalue weighted by atomic mass is 32.2. The Bertz CT molecular complexity index is 928. The molecule has 8 heteroatoms. The zero-order valence-electron chi connectivity index (χ0n) is 16.7. The lowest BCUT2D eigenvalue weighted by molar-refractivity contribution is -0.697. The Balaban J connectivity index is 1.30. The van der Waals surface area contributed by atoms with E-state index in [1.54, 1.807) is 7.11 Å². The fraction of sp³-hybridized carbons (Fsp3) is 0.333. The van der Waals surface area contributed by atoms with Crippen LogP contribution in [0.25, 0.3) is 11.5 Å². The average Bonchev–Trinajstić information content (AvgIpc) is 3.42. The van der Waals surface area contributed by atoms with Crippen molar-refractivity contribution in [1.82, 2.24) is 10.2 Å². The molecule has 1 saturated heterocycles. The number of hydrogen-bond donors (Lipinski definition) is 1. The van der Waals surface area contributed by atoms with Crippen molar-refractivity contribution in [3.05, 3.63) is 54.1 Å². The minimum atomic E-state index is 0.0364. The molecule has 0 saturated carbocycles. The Morgan fingerprint density at radius 2 is 1.86 bits per heavy atom. The number of aromatic nitrogens is 2. The van der Waals surface area contributed by atoms with Gasteiger partial charge in [0.05, 0.1) is 7.11 Å². The van der Waals surface area contributed by atoms with Crippen molar-refractivity contribution in [2.45, 2.75) is 17.6 Å². The number of ether oxygens (including phenoxy) is 2. The van der Waals surface area contributed by atoms with Crippen LogP contribution in [0, 0.1) is 0 Å². The van der Waals surface area contributed by atoms with Crippen LogP contribution in [0.5, 0.6) is 5.75 Å². The summed E-state index contributed by atoms with van der Waals surface area (Å²) in [6.45, 7) is 0.909. The molecule has 152 valence electrons. The zero-order chi connectivity index (χ0) is 20.2. The van der Waals surface area contributed by atoms with Crippen LogP contribution in [0.2, 0.25) is 0 Å². The first-order chi connectivity index (χ1) is 14.1. The zero-order valence-corrected chi connectivity index (χ0v) is 17.6. The second kappa shape index (κ2) is 8.86. The second-order valence-electron chi connectivity index (χ2n) is 7.05. The fourth-order valence-electron chi connectivity index (χ4n) is 3.16. The average molecular weight is 414 g/mol. The largest absolute Gasteiger partial charge is 0.497 e. The van der Waals surface area contributed by atoms with Crippen LogP contribution >= 0.6 is 11.8 Å². The number of hydrogen-bond acceptors (Lipinski definition) is 7. The minimum absolute atomic E-state index is 0.0364. The van der Waals surface area contributed by atoms with E-state index in [0.717, 1.165) is 23.6 Å². The van der Waals surface area contributed by atoms with E-state index in [-0.39, 0.29) is 12.3 Å². The molecule has 7 nitrogen and oxygen atoms in total. The third-order valence-corrected chi connectivity index (χ3v) is 5.78. The van der Waals surface area contributed by atoms with Gasteiger partial charge in [0.1, 0.15) is 18.4 Å². The fourth-order valence-corrected chi connectivity index (χ4v) is 3.94. The summed E-state index contributed by atoms with van der Waals surface area (Å²) in [6.07, 6.45) is 0.171. The molecule has 0 amide bonds. The lowest BCUT2D eigenvalue weighted by Crippen LogP contribution is -2.82. The molecule has 3 aromatic rings. The number of quaternary nitrogens is 1. The molecule has 4 rings (SSSR count). The van der Waals surface area contributed by atoms with E-state index < -0.39 is 0 Å². The van der Waals surface area contributed by atoms with E-state index in [4.69, 9.17) is 13.9 Å². The van der Waals surface area contributed by atoms with Crippen molar-refractivity contribution in [1.29, 1.82) is 0 Å². The Morgan fingerprint density at radius 3 is 2.55 bits per heavy atom. The van der Waals surface area contributed by atoms with E-state index in [2.05, 4.69) is 44.7 Å². The normalized spacial score (nSPS) is 18.7. The first kappa shape index (κ1) is 19.8. The van der Waals surface area contributed by atoms with Crippen molar-refractivity contribution >= 4 is 17.4 Å². The predicted molar refractivity (Wildman–Crippen MR) is 112 cm³/mol. The molecule has 2 aromatic carbocycles. The van der Waals surface area contributed by atoms with Crippen LogP contribution in [-0.2, 0) is 4.74 Å². The highest BCUT2D eigenvalue weighted by Crippen LogP contribution is 2.27. The number of nitrogens with two attached hydrogens (primary N) is 1. The third-order valence-electron chi connectivity index (χ3n) is 4.83. The van der Waals surface area contributed by atoms with E-state index in [0.29, 0.717) is 11.1 Å². The molecule has 1 fully saturated rings. The van der Waals surface area contributed by atoms with Gasteiger partial charge in [-0.2, -0.15) is 0 Å². The summed E-state index contributed by atoms with van der Waals surface area (Å²) < 4.78 is 17.1. The van der Waals surface area contributed by atoms with E-state index in [9.17, 15) is 0 Å². The van der Waals surface area contributed by atoms with Gasteiger partial charge >= 0.3 is 0 Å². The van der Waals surface area contributed by atoms with E-state index in [1.165, 1.54) is 23.0 Å². The topological polar surface area (TPSA) is 77.2 Å². The standard InChI is InChI=1S/C21H24N4O3S/c1-25(2)16-8-4-14(5-9-16)19-22-12-18(27-19)13-29-21-24-23-20(28-21)15-6-10-17(26-3)11-7-15/h4-11,18-19,22H,12-13H2,1-3H3/p+1/t18-,19+/m1/s1. The molecular weight excluding hydrogens is 388 g/mol. The minimum Gasteiger partial charge on any atom is -0.497 e. The van der Waals surface area contributed by atoms with Crippen LogP contribution < -0.4 is 15.0 Å². The van der Waals surface area contributed by atoms with Crippen molar-refractivity contribution in [3.8, 4) is 17.2 Å². The number of rotatable bonds is 7. The van der Waals surface area contributed by atoms with Gasteiger partial charge in [0.15, 0.2) is 0 Å². The summed E-state index contributed by atoms with van der Waals surface area (Å²) >= 11 is 1.53. The predicted octanol–water partition coefficient (Wildman–Crippen LogP) is 2.56. The molecule has 0 aliphatic carbocycles. The number of anilines is 1. The number of methoxy groups -OCH3 is 1. The van der Waals surface area contributed by atoms with Crippen LogP contribution in [0.1, 0.15) is 11.8 Å². The van der Waals surface area contributed by atoms with E-state index in [1.807, 2.05) is 38.4 Å². The monoisotopic (exact) mass is 413 g/mol. The SMILES string of the molecule is COc1ccc(-c2nnc(SC[C@H]3C[NH2+][C@H](c4ccc(N(C)C)cc4)O3)o2)cc1. The van der Waals surface area contributed by atoms with Gasteiger partial charge < -0.3 is 24.1 Å². The van der Waals surface area contributed by atoms with Crippen LogP contribution in [-0.4, -0.2) is 49.8 Å². The molecule has 1 aliphatic heterocycles. The highest BCUT2D eigenvalue weighted by Gasteiger charge is 2.30. The van der Waals surface area contributed by atoms with Crippen molar-refractivity contribution in [2.24, 2.45) is 0 Å². The van der Waals surface area contributed by atoms with Gasteiger partial charge in [-0.05, 0) is 48.5 Å². The maximum Gasteiger partial charge on any atom is 0.276 e. The summed E-state index contributed by atoms with van der Waals surface area (Å²) in [5.74, 6) is 2.07. The maximum absolute atomic E-state index is 6.19. The van der Waals surface area contributed by atoms with Crippen LogP contribution in [0.4, 0.5) is 5.69 Å². The summed E-state index contributed by atoms with van der Waals surface area (Å²) in [6, 6.07) is 16.1. The Labute approximate surface area is 174 Å². The molecule has 2 heterocycles. The number of benzene rings is 2. The Kier molecular flexibility index (Phi) is 6.03. The molecule has 0 unspecified atom stereocenters. The highest BCUT2D eigenvalue weighted by molar-refractivity contribution is 7.99. The summed E-state index contributed by atoms with van der Waals surface area (Å²) in [5.41, 5.74) is 3.24. The van der Waals surface area contributed by atoms with Crippen molar-refractivity contribution < 1.29 is 19.2 Å². The van der Waals surface area contributed by atoms with Gasteiger partial charge in [0.25, 0.3) is 5.22 Å². The molecule has 29 heavy (non-hydrogen) atoms. The van der Waals surface area contributed by atoms with Crippen LogP contribution in [0.15, 0.2) is 58.2 Å². The quantitative estimate of drug-likeness (QED) is 0.597. The molecular formula is C21H25N4O3S+. The van der Waals surface area contributed by atoms with Gasteiger partial charge in [0, 0.05) is 36.7 Å². The molecule has 0 bridgehead atoms. The molecule has 2 N–H and O–H groups in total. The van der Waals surface area contributed by atoms with Crippen LogP contribution in [0.3, 0.4) is 0 Å². The van der Waals surface area contributed by atoms with E-state index >= 15 is 0 Å². The lowest BCUT2D eigenvalue weighted by atomic mass is 10.2. The number of nitrogens with zero attached hydrogens (tertiary/aromatic N) is 3. The maximum atomic E-state index is 6.19. The van der Waals surface area contributed by atoms with Crippen molar-refractivity contribution in [2.75, 3.05) is 38.4 Å². The summed E-state index contributed by atoms with van der Waals surface area (Å²) in [4.78, 5) is 2.09. The molecule has 0 radical (unpaired) electrons. The van der Waals surface area contributed by atoms with Crippen molar-refractivity contribution in [3.63, 3.8) is 0 Å². The van der Waals surface area contributed by atoms with Gasteiger partial charge in [-0.25, -0.2) is 0 Å².